The fraction of sp³-hybridized carbons (Fsp3) is 1.00. The van der Waals surface area contributed by atoms with E-state index in [4.69, 9.17) is 5.73 Å². The van der Waals surface area contributed by atoms with Crippen LogP contribution in [0.1, 0.15) is 70.6 Å². The molecule has 3 rings (SSSR count). The number of piperidine rings is 1. The summed E-state index contributed by atoms with van der Waals surface area (Å²) in [6, 6.07) is 0.811. The van der Waals surface area contributed by atoms with Gasteiger partial charge in [-0.25, -0.2) is 0 Å². The Hall–Kier alpha value is -0.0800. The van der Waals surface area contributed by atoms with Crippen LogP contribution in [-0.2, 0) is 0 Å². The van der Waals surface area contributed by atoms with Crippen molar-refractivity contribution in [1.29, 1.82) is 0 Å². The summed E-state index contributed by atoms with van der Waals surface area (Å²) in [5.74, 6) is 0.778. The molecular formula is C17H32N2. The lowest BCUT2D eigenvalue weighted by molar-refractivity contribution is 0.0508. The van der Waals surface area contributed by atoms with Crippen molar-refractivity contribution in [1.82, 2.24) is 4.90 Å². The summed E-state index contributed by atoms with van der Waals surface area (Å²) in [7, 11) is 0. The van der Waals surface area contributed by atoms with E-state index in [2.05, 4.69) is 4.90 Å². The van der Waals surface area contributed by atoms with Crippen LogP contribution in [0.3, 0.4) is 0 Å². The van der Waals surface area contributed by atoms with Gasteiger partial charge in [-0.2, -0.15) is 0 Å². The number of nitrogens with zero attached hydrogens (tertiary/aromatic N) is 1. The van der Waals surface area contributed by atoms with E-state index in [1.807, 2.05) is 0 Å². The quantitative estimate of drug-likeness (QED) is 0.773. The van der Waals surface area contributed by atoms with Crippen LogP contribution in [-0.4, -0.2) is 30.6 Å². The maximum atomic E-state index is 6.06. The topological polar surface area (TPSA) is 29.3 Å². The number of hydrogen-bond acceptors (Lipinski definition) is 2. The standard InChI is InChI=1S/C17H32N2/c18-14-15-6-2-1-3-7-16(15)19-12-10-17(11-13-19)8-4-5-9-17/h15-16H,1-14,18H2. The highest BCUT2D eigenvalue weighted by Gasteiger charge is 2.39. The molecule has 2 atom stereocenters. The molecular weight excluding hydrogens is 232 g/mol. The first kappa shape index (κ1) is 13.9. The van der Waals surface area contributed by atoms with Crippen LogP contribution in [0, 0.1) is 11.3 Å². The van der Waals surface area contributed by atoms with Crippen LogP contribution >= 0.6 is 0 Å². The van der Waals surface area contributed by atoms with Crippen LogP contribution in [0.25, 0.3) is 0 Å². The van der Waals surface area contributed by atoms with E-state index in [-0.39, 0.29) is 0 Å². The molecule has 2 aliphatic carbocycles. The highest BCUT2D eigenvalue weighted by molar-refractivity contribution is 4.93. The van der Waals surface area contributed by atoms with Crippen LogP contribution in [0.5, 0.6) is 0 Å². The summed E-state index contributed by atoms with van der Waals surface area (Å²) in [5.41, 5.74) is 6.82. The largest absolute Gasteiger partial charge is 0.330 e. The molecule has 0 bridgehead atoms. The van der Waals surface area contributed by atoms with Crippen LogP contribution < -0.4 is 5.73 Å². The molecule has 0 aromatic carbocycles. The molecule has 19 heavy (non-hydrogen) atoms. The van der Waals surface area contributed by atoms with Crippen LogP contribution in [0.2, 0.25) is 0 Å². The van der Waals surface area contributed by atoms with Gasteiger partial charge in [0.05, 0.1) is 0 Å². The Labute approximate surface area is 119 Å². The Bertz CT molecular complexity index is 273. The Morgan fingerprint density at radius 1 is 0.842 bits per heavy atom. The molecule has 2 saturated carbocycles. The first-order valence-electron chi connectivity index (χ1n) is 8.77. The molecule has 2 heteroatoms. The maximum Gasteiger partial charge on any atom is 0.0136 e. The van der Waals surface area contributed by atoms with Crippen molar-refractivity contribution >= 4 is 0 Å². The molecule has 2 unspecified atom stereocenters. The fourth-order valence-corrected chi connectivity index (χ4v) is 5.08. The Morgan fingerprint density at radius 3 is 2.21 bits per heavy atom. The zero-order valence-electron chi connectivity index (χ0n) is 12.6. The fourth-order valence-electron chi connectivity index (χ4n) is 5.08. The average Bonchev–Trinajstić information content (AvgIpc) is 2.76. The van der Waals surface area contributed by atoms with Gasteiger partial charge < -0.3 is 10.6 Å². The number of likely N-dealkylation sites (tertiary alicyclic amines) is 1. The van der Waals surface area contributed by atoms with E-state index in [9.17, 15) is 0 Å². The molecule has 3 fully saturated rings. The first-order chi connectivity index (χ1) is 9.33. The van der Waals surface area contributed by atoms with Crippen molar-refractivity contribution in [3.05, 3.63) is 0 Å². The molecule has 1 aliphatic heterocycles. The first-order valence-corrected chi connectivity index (χ1v) is 8.77. The predicted octanol–water partition coefficient (Wildman–Crippen LogP) is 3.55. The second kappa shape index (κ2) is 6.13. The van der Waals surface area contributed by atoms with Gasteiger partial charge in [0.2, 0.25) is 0 Å². The average molecular weight is 264 g/mol. The minimum Gasteiger partial charge on any atom is -0.330 e. The summed E-state index contributed by atoms with van der Waals surface area (Å²) in [5, 5.41) is 0. The van der Waals surface area contributed by atoms with Crippen molar-refractivity contribution in [3.8, 4) is 0 Å². The van der Waals surface area contributed by atoms with E-state index >= 15 is 0 Å². The van der Waals surface area contributed by atoms with Gasteiger partial charge >= 0.3 is 0 Å². The molecule has 0 radical (unpaired) electrons. The lowest BCUT2D eigenvalue weighted by atomic mass is 9.76. The number of hydrogen-bond donors (Lipinski definition) is 1. The van der Waals surface area contributed by atoms with Crippen molar-refractivity contribution in [2.45, 2.75) is 76.7 Å². The smallest absolute Gasteiger partial charge is 0.0136 e. The molecule has 2 N–H and O–H groups in total. The van der Waals surface area contributed by atoms with Crippen molar-refractivity contribution in [2.75, 3.05) is 19.6 Å². The van der Waals surface area contributed by atoms with Crippen molar-refractivity contribution in [2.24, 2.45) is 17.1 Å². The molecule has 1 saturated heterocycles. The zero-order valence-corrected chi connectivity index (χ0v) is 12.6. The van der Waals surface area contributed by atoms with Gasteiger partial charge in [0.15, 0.2) is 0 Å². The van der Waals surface area contributed by atoms with Crippen molar-refractivity contribution in [3.63, 3.8) is 0 Å². The second-order valence-corrected chi connectivity index (χ2v) is 7.44. The summed E-state index contributed by atoms with van der Waals surface area (Å²) in [4.78, 5) is 2.83. The molecule has 110 valence electrons. The van der Waals surface area contributed by atoms with Gasteiger partial charge in [-0.1, -0.05) is 32.1 Å². The molecule has 2 nitrogen and oxygen atoms in total. The molecule has 0 aromatic heterocycles. The number of rotatable bonds is 2. The number of nitrogens with two attached hydrogens (primary N) is 1. The molecule has 0 aromatic rings. The normalized spacial score (nSPS) is 36.5. The summed E-state index contributed by atoms with van der Waals surface area (Å²) in [6.45, 7) is 3.63. The SMILES string of the molecule is NCC1CCCCCC1N1CCC2(CCCC2)CC1. The zero-order chi connectivity index (χ0) is 13.1. The summed E-state index contributed by atoms with van der Waals surface area (Å²) in [6.07, 6.45) is 16.0. The summed E-state index contributed by atoms with van der Waals surface area (Å²) < 4.78 is 0. The van der Waals surface area contributed by atoms with Gasteiger partial charge in [-0.05, 0) is 69.5 Å². The lowest BCUT2D eigenvalue weighted by Crippen LogP contribution is -2.48. The lowest BCUT2D eigenvalue weighted by Gasteiger charge is -2.44. The van der Waals surface area contributed by atoms with Gasteiger partial charge in [0.25, 0.3) is 0 Å². The van der Waals surface area contributed by atoms with E-state index < -0.39 is 0 Å². The monoisotopic (exact) mass is 264 g/mol. The second-order valence-electron chi connectivity index (χ2n) is 7.44. The van der Waals surface area contributed by atoms with E-state index in [0.717, 1.165) is 23.9 Å². The Balaban J connectivity index is 1.59. The van der Waals surface area contributed by atoms with Gasteiger partial charge in [-0.15, -0.1) is 0 Å². The minimum absolute atomic E-state index is 0.763. The molecule has 3 aliphatic rings. The Kier molecular flexibility index (Phi) is 4.48. The van der Waals surface area contributed by atoms with Crippen molar-refractivity contribution < 1.29 is 0 Å². The molecule has 1 spiro atoms. The third kappa shape index (κ3) is 3.00. The van der Waals surface area contributed by atoms with E-state index in [0.29, 0.717) is 0 Å². The van der Waals surface area contributed by atoms with E-state index in [1.165, 1.54) is 83.7 Å². The summed E-state index contributed by atoms with van der Waals surface area (Å²) >= 11 is 0. The third-order valence-electron chi connectivity index (χ3n) is 6.41. The predicted molar refractivity (Wildman–Crippen MR) is 81.1 cm³/mol. The van der Waals surface area contributed by atoms with E-state index in [1.54, 1.807) is 0 Å². The van der Waals surface area contributed by atoms with Crippen LogP contribution in [0.4, 0.5) is 0 Å². The van der Waals surface area contributed by atoms with Gasteiger partial charge in [-0.3, -0.25) is 0 Å². The molecule has 1 heterocycles. The third-order valence-corrected chi connectivity index (χ3v) is 6.41. The van der Waals surface area contributed by atoms with Gasteiger partial charge in [0.1, 0.15) is 0 Å². The minimum atomic E-state index is 0.763. The van der Waals surface area contributed by atoms with Gasteiger partial charge in [0, 0.05) is 6.04 Å². The Morgan fingerprint density at radius 2 is 1.53 bits per heavy atom. The molecule has 0 amide bonds. The maximum absolute atomic E-state index is 6.06. The van der Waals surface area contributed by atoms with Crippen LogP contribution in [0.15, 0.2) is 0 Å². The highest BCUT2D eigenvalue weighted by atomic mass is 15.2. The highest BCUT2D eigenvalue weighted by Crippen LogP contribution is 2.47.